The van der Waals surface area contributed by atoms with E-state index in [-0.39, 0.29) is 17.0 Å². The molecule has 3 atom stereocenters. The molecule has 2 amide bonds. The number of nitrogens with one attached hydrogen (secondary N) is 2. The smallest absolute Gasteiger partial charge is 0.407 e. The van der Waals surface area contributed by atoms with Gasteiger partial charge in [-0.25, -0.2) is 9.39 Å². The molecule has 0 saturated heterocycles. The maximum atomic E-state index is 12.6. The number of amides is 2. The number of carbonyl (C=O) groups excluding carboxylic acids is 2. The Morgan fingerprint density at radius 2 is 1.56 bits per heavy atom. The molecule has 7 nitrogen and oxygen atoms in total. The van der Waals surface area contributed by atoms with Gasteiger partial charge in [0.1, 0.15) is 24.8 Å². The minimum atomic E-state index is -0.980. The molecule has 0 saturated carbocycles. The highest BCUT2D eigenvalue weighted by atomic mass is 16.6. The van der Waals surface area contributed by atoms with Crippen LogP contribution in [-0.4, -0.2) is 53.0 Å². The average Bonchev–Trinajstić information content (AvgIpc) is 2.73. The third-order valence-electron chi connectivity index (χ3n) is 5.19. The number of aliphatic hydroxyl groups excluding tert-OH is 1. The van der Waals surface area contributed by atoms with Gasteiger partial charge in [-0.3, -0.25) is 4.79 Å². The van der Waals surface area contributed by atoms with Gasteiger partial charge in [-0.15, -0.1) is 0 Å². The molecule has 2 rings (SSSR count). The van der Waals surface area contributed by atoms with Crippen LogP contribution in [0.15, 0.2) is 72.8 Å². The standard InChI is InChI=1S/C27H37N3O4/c1-20(2)25(32)29-30(6,18-22-15-11-8-12-16-22)19-24(31)23(17-21-13-9-7-10-14-21)28-26(33)34-27(3,4)5/h7-16,23-24,31H,1,17-19H2,2-6H3,(H-,28,29,32,33)/p+1/t23-,24-,30?/m0/s1. The number of rotatable bonds is 10. The SMILES string of the molecule is C=C(C)C(=O)N[N+](C)(Cc1ccccc1)C[C@H](O)[C@H](Cc1ccccc1)NC(=O)OC(C)(C)C. The molecular weight excluding hydrogens is 430 g/mol. The lowest BCUT2D eigenvalue weighted by Gasteiger charge is -2.37. The molecule has 0 bridgehead atoms. The third-order valence-corrected chi connectivity index (χ3v) is 5.19. The fraction of sp³-hybridized carbons (Fsp3) is 0.407. The summed E-state index contributed by atoms with van der Waals surface area (Å²) in [6.45, 7) is 11.3. The topological polar surface area (TPSA) is 87.7 Å². The van der Waals surface area contributed by atoms with E-state index in [1.165, 1.54) is 0 Å². The van der Waals surface area contributed by atoms with Crippen LogP contribution in [0.1, 0.15) is 38.8 Å². The summed E-state index contributed by atoms with van der Waals surface area (Å²) in [5.41, 5.74) is 4.65. The highest BCUT2D eigenvalue weighted by Crippen LogP contribution is 2.16. The molecule has 0 aromatic heterocycles. The summed E-state index contributed by atoms with van der Waals surface area (Å²) in [7, 11) is 1.84. The second kappa shape index (κ2) is 11.8. The number of alkyl carbamates (subject to hydrolysis) is 1. The van der Waals surface area contributed by atoms with E-state index in [1.54, 1.807) is 27.7 Å². The second-order valence-electron chi connectivity index (χ2n) is 9.95. The molecule has 2 aromatic carbocycles. The van der Waals surface area contributed by atoms with E-state index in [0.717, 1.165) is 11.1 Å². The maximum Gasteiger partial charge on any atom is 0.407 e. The van der Waals surface area contributed by atoms with Crippen LogP contribution in [0.25, 0.3) is 0 Å². The zero-order valence-electron chi connectivity index (χ0n) is 20.9. The van der Waals surface area contributed by atoms with Gasteiger partial charge in [-0.2, -0.15) is 5.43 Å². The number of ether oxygens (including phenoxy) is 1. The minimum absolute atomic E-state index is 0.0260. The Morgan fingerprint density at radius 1 is 1.03 bits per heavy atom. The van der Waals surface area contributed by atoms with Crippen LogP contribution in [-0.2, 0) is 22.5 Å². The third kappa shape index (κ3) is 9.37. The molecule has 0 heterocycles. The monoisotopic (exact) mass is 468 g/mol. The maximum absolute atomic E-state index is 12.6. The number of hydrogen-bond acceptors (Lipinski definition) is 4. The summed E-state index contributed by atoms with van der Waals surface area (Å²) in [5, 5.41) is 14.2. The van der Waals surface area contributed by atoms with Crippen LogP contribution in [0.5, 0.6) is 0 Å². The van der Waals surface area contributed by atoms with Gasteiger partial charge in [0.2, 0.25) is 0 Å². The van der Waals surface area contributed by atoms with Crippen molar-refractivity contribution in [3.63, 3.8) is 0 Å². The van der Waals surface area contributed by atoms with Gasteiger partial charge in [0.25, 0.3) is 5.91 Å². The van der Waals surface area contributed by atoms with Crippen LogP contribution < -0.4 is 10.7 Å². The molecule has 0 aliphatic heterocycles. The molecule has 0 aliphatic carbocycles. The Hall–Kier alpha value is -3.16. The van der Waals surface area contributed by atoms with Crippen molar-refractivity contribution in [2.45, 2.75) is 58.4 Å². The molecule has 1 unspecified atom stereocenters. The lowest BCUT2D eigenvalue weighted by molar-refractivity contribution is -0.958. The van der Waals surface area contributed by atoms with E-state index in [9.17, 15) is 14.7 Å². The Kier molecular flexibility index (Phi) is 9.41. The first-order valence-corrected chi connectivity index (χ1v) is 11.4. The summed E-state index contributed by atoms with van der Waals surface area (Å²) in [4.78, 5) is 25.1. The van der Waals surface area contributed by atoms with E-state index >= 15 is 0 Å². The van der Waals surface area contributed by atoms with E-state index in [2.05, 4.69) is 17.3 Å². The quantitative estimate of drug-likeness (QED) is 0.282. The first kappa shape index (κ1) is 27.1. The minimum Gasteiger partial charge on any atom is -0.444 e. The molecule has 0 aliphatic rings. The Labute approximate surface area is 203 Å². The van der Waals surface area contributed by atoms with Gasteiger partial charge in [0, 0.05) is 11.1 Å². The second-order valence-corrected chi connectivity index (χ2v) is 9.95. The highest BCUT2D eigenvalue weighted by molar-refractivity contribution is 5.91. The Balaban J connectivity index is 2.28. The molecular formula is C27H38N3O4+. The predicted octanol–water partition coefficient (Wildman–Crippen LogP) is 3.74. The zero-order valence-corrected chi connectivity index (χ0v) is 20.9. The number of carbonyl (C=O) groups is 2. The lowest BCUT2D eigenvalue weighted by Crippen LogP contribution is -2.62. The fourth-order valence-electron chi connectivity index (χ4n) is 3.63. The number of quaternary nitrogens is 1. The number of benzene rings is 2. The highest BCUT2D eigenvalue weighted by Gasteiger charge is 2.34. The van der Waals surface area contributed by atoms with Gasteiger partial charge >= 0.3 is 6.09 Å². The molecule has 0 radical (unpaired) electrons. The summed E-state index contributed by atoms with van der Waals surface area (Å²) in [5.74, 6) is -0.301. The van der Waals surface area contributed by atoms with Crippen molar-refractivity contribution in [3.8, 4) is 0 Å². The van der Waals surface area contributed by atoms with Crippen LogP contribution in [0.3, 0.4) is 0 Å². The number of hydrogen-bond donors (Lipinski definition) is 3. The summed E-state index contributed by atoms with van der Waals surface area (Å²) in [6.07, 6.45) is -1.18. The van der Waals surface area contributed by atoms with Crippen molar-refractivity contribution in [2.24, 2.45) is 0 Å². The van der Waals surface area contributed by atoms with Crippen molar-refractivity contribution in [1.82, 2.24) is 10.7 Å². The molecule has 184 valence electrons. The van der Waals surface area contributed by atoms with Gasteiger partial charge in [0.15, 0.2) is 0 Å². The molecule has 0 spiro atoms. The average molecular weight is 469 g/mol. The molecule has 34 heavy (non-hydrogen) atoms. The molecule has 2 aromatic rings. The van der Waals surface area contributed by atoms with Crippen molar-refractivity contribution in [2.75, 3.05) is 13.6 Å². The van der Waals surface area contributed by atoms with Crippen molar-refractivity contribution in [3.05, 3.63) is 83.9 Å². The van der Waals surface area contributed by atoms with Gasteiger partial charge in [0.05, 0.1) is 13.1 Å². The largest absolute Gasteiger partial charge is 0.444 e. The van der Waals surface area contributed by atoms with E-state index in [0.29, 0.717) is 18.5 Å². The summed E-state index contributed by atoms with van der Waals surface area (Å²) in [6, 6.07) is 18.7. The number of likely N-dealkylation sites (N-methyl/N-ethyl adjacent to an activating group) is 1. The van der Waals surface area contributed by atoms with Crippen LogP contribution >= 0.6 is 0 Å². The molecule has 0 fully saturated rings. The van der Waals surface area contributed by atoms with E-state index in [1.807, 2.05) is 67.7 Å². The van der Waals surface area contributed by atoms with Crippen molar-refractivity contribution < 1.29 is 24.0 Å². The first-order chi connectivity index (χ1) is 15.9. The van der Waals surface area contributed by atoms with Crippen molar-refractivity contribution in [1.29, 1.82) is 0 Å². The first-order valence-electron chi connectivity index (χ1n) is 11.4. The van der Waals surface area contributed by atoms with Gasteiger partial charge in [-0.05, 0) is 39.7 Å². The van der Waals surface area contributed by atoms with Gasteiger partial charge < -0.3 is 15.2 Å². The van der Waals surface area contributed by atoms with E-state index < -0.39 is 23.8 Å². The van der Waals surface area contributed by atoms with Crippen molar-refractivity contribution >= 4 is 12.0 Å². The molecule has 7 heteroatoms. The van der Waals surface area contributed by atoms with Crippen LogP contribution in [0.4, 0.5) is 4.79 Å². The summed E-state index contributed by atoms with van der Waals surface area (Å²) >= 11 is 0. The fourth-order valence-corrected chi connectivity index (χ4v) is 3.63. The van der Waals surface area contributed by atoms with Crippen LogP contribution in [0, 0.1) is 0 Å². The predicted molar refractivity (Wildman–Crippen MR) is 133 cm³/mol. The Bertz CT molecular complexity index is 957. The number of aliphatic hydroxyl groups is 1. The van der Waals surface area contributed by atoms with E-state index in [4.69, 9.17) is 4.74 Å². The van der Waals surface area contributed by atoms with Gasteiger partial charge in [-0.1, -0.05) is 67.2 Å². The summed E-state index contributed by atoms with van der Waals surface area (Å²) < 4.78 is 5.46. The lowest BCUT2D eigenvalue weighted by atomic mass is 10.0. The zero-order chi connectivity index (χ0) is 25.4. The number of nitrogens with zero attached hydrogens (tertiary/aromatic N) is 1. The van der Waals surface area contributed by atoms with Crippen LogP contribution in [0.2, 0.25) is 0 Å². The normalized spacial score (nSPS) is 14.9. The Morgan fingerprint density at radius 3 is 2.06 bits per heavy atom. The molecule has 3 N–H and O–H groups in total.